The van der Waals surface area contributed by atoms with Crippen LogP contribution in [0.2, 0.25) is 0 Å². The zero-order valence-electron chi connectivity index (χ0n) is 11.1. The first-order valence-corrected chi connectivity index (χ1v) is 6.65. The monoisotopic (exact) mass is 288 g/mol. The Hall–Kier alpha value is -1.30. The lowest BCUT2D eigenvalue weighted by Crippen LogP contribution is -2.28. The number of benzene rings is 1. The van der Waals surface area contributed by atoms with Crippen molar-refractivity contribution in [2.75, 3.05) is 38.1 Å². The van der Waals surface area contributed by atoms with Gasteiger partial charge in [0.25, 0.3) is 0 Å². The molecule has 0 radical (unpaired) electrons. The lowest BCUT2D eigenvalue weighted by Gasteiger charge is -2.25. The maximum atomic E-state index is 13.1. The lowest BCUT2D eigenvalue weighted by molar-refractivity contribution is -0.137. The molecule has 2 aliphatic heterocycles. The van der Waals surface area contributed by atoms with Crippen molar-refractivity contribution >= 4 is 5.69 Å². The topological polar surface area (TPSA) is 6.48 Å². The summed E-state index contributed by atoms with van der Waals surface area (Å²) in [5, 5.41) is 0. The Morgan fingerprint density at radius 3 is 2.20 bits per heavy atom. The molecule has 110 valence electrons. The Morgan fingerprint density at radius 2 is 1.65 bits per heavy atom. The van der Waals surface area contributed by atoms with Crippen LogP contribution in [0.1, 0.15) is 5.56 Å². The second-order valence-electron chi connectivity index (χ2n) is 5.81. The van der Waals surface area contributed by atoms with Crippen LogP contribution in [0.3, 0.4) is 0 Å². The summed E-state index contributed by atoms with van der Waals surface area (Å²) in [4.78, 5) is 3.96. The van der Waals surface area contributed by atoms with Crippen LogP contribution in [-0.4, -0.2) is 38.1 Å². The van der Waals surface area contributed by atoms with Crippen molar-refractivity contribution in [2.24, 2.45) is 11.8 Å². The van der Waals surface area contributed by atoms with E-state index in [1.807, 2.05) is 7.05 Å². The van der Waals surface area contributed by atoms with Gasteiger partial charge in [-0.15, -0.1) is 0 Å². The van der Waals surface area contributed by atoms with Crippen molar-refractivity contribution in [1.82, 2.24) is 4.90 Å². The first-order valence-electron chi connectivity index (χ1n) is 6.65. The van der Waals surface area contributed by atoms with Gasteiger partial charge in [0.2, 0.25) is 0 Å². The molecule has 0 saturated carbocycles. The third kappa shape index (κ3) is 2.37. The van der Waals surface area contributed by atoms with E-state index in [4.69, 9.17) is 0 Å². The Balaban J connectivity index is 1.89. The minimum Gasteiger partial charge on any atom is -0.370 e. The highest BCUT2D eigenvalue weighted by Crippen LogP contribution is 2.40. The number of halogens is 4. The normalized spacial score (nSPS) is 27.1. The van der Waals surface area contributed by atoms with E-state index >= 15 is 0 Å². The predicted molar refractivity (Wildman–Crippen MR) is 68.1 cm³/mol. The summed E-state index contributed by atoms with van der Waals surface area (Å²) in [6.45, 7) is 3.07. The smallest absolute Gasteiger partial charge is 0.370 e. The summed E-state index contributed by atoms with van der Waals surface area (Å²) in [6, 6.07) is 2.95. The molecular formula is C14H16F4N2. The molecule has 2 atom stereocenters. The van der Waals surface area contributed by atoms with Gasteiger partial charge in [-0.1, -0.05) is 0 Å². The van der Waals surface area contributed by atoms with Gasteiger partial charge in [0.1, 0.15) is 5.82 Å². The van der Waals surface area contributed by atoms with Crippen molar-refractivity contribution in [3.63, 3.8) is 0 Å². The standard InChI is InChI=1S/C14H16F4N2/c1-19-5-9-7-20(8-10(9)6-19)13-3-2-11(15)4-12(13)14(16,17)18/h2-4,9-10H,5-8H2,1H3/t9-,10+. The van der Waals surface area contributed by atoms with E-state index in [0.717, 1.165) is 19.2 Å². The molecule has 2 fully saturated rings. The molecule has 1 aromatic rings. The van der Waals surface area contributed by atoms with Crippen molar-refractivity contribution in [2.45, 2.75) is 6.18 Å². The SMILES string of the molecule is CN1C[C@@H]2CN(c3ccc(F)cc3C(F)(F)F)C[C@@H]2C1. The Morgan fingerprint density at radius 1 is 1.05 bits per heavy atom. The average Bonchev–Trinajstić information content (AvgIpc) is 2.84. The highest BCUT2D eigenvalue weighted by molar-refractivity contribution is 5.56. The van der Waals surface area contributed by atoms with Gasteiger partial charge in [-0.05, 0) is 37.1 Å². The second kappa shape index (κ2) is 4.62. The highest BCUT2D eigenvalue weighted by Gasteiger charge is 2.42. The van der Waals surface area contributed by atoms with E-state index < -0.39 is 17.6 Å². The third-order valence-electron chi connectivity index (χ3n) is 4.27. The van der Waals surface area contributed by atoms with Crippen LogP contribution < -0.4 is 4.90 Å². The summed E-state index contributed by atoms with van der Waals surface area (Å²) in [6.07, 6.45) is -4.52. The molecule has 2 heterocycles. The van der Waals surface area contributed by atoms with Crippen LogP contribution in [0.5, 0.6) is 0 Å². The van der Waals surface area contributed by atoms with Gasteiger partial charge in [-0.2, -0.15) is 13.2 Å². The minimum atomic E-state index is -4.52. The number of rotatable bonds is 1. The summed E-state index contributed by atoms with van der Waals surface area (Å²) < 4.78 is 52.2. The number of likely N-dealkylation sites (tertiary alicyclic amines) is 1. The van der Waals surface area contributed by atoms with Crippen molar-refractivity contribution in [3.8, 4) is 0 Å². The number of nitrogens with zero attached hydrogens (tertiary/aromatic N) is 2. The number of anilines is 1. The molecule has 0 aliphatic carbocycles. The van der Waals surface area contributed by atoms with Crippen LogP contribution in [0.15, 0.2) is 18.2 Å². The molecule has 2 aliphatic rings. The van der Waals surface area contributed by atoms with Crippen molar-refractivity contribution < 1.29 is 17.6 Å². The molecule has 2 nitrogen and oxygen atoms in total. The molecule has 0 aromatic heterocycles. The number of hydrogen-bond acceptors (Lipinski definition) is 2. The van der Waals surface area contributed by atoms with E-state index in [9.17, 15) is 17.6 Å². The Labute approximate surface area is 115 Å². The molecule has 0 amide bonds. The molecular weight excluding hydrogens is 272 g/mol. The Kier molecular flexibility index (Phi) is 3.16. The molecule has 3 rings (SSSR count). The minimum absolute atomic E-state index is 0.107. The van der Waals surface area contributed by atoms with Gasteiger partial charge in [0.05, 0.1) is 5.56 Å². The van der Waals surface area contributed by atoms with E-state index in [1.165, 1.54) is 6.07 Å². The first-order chi connectivity index (χ1) is 9.34. The van der Waals surface area contributed by atoms with Gasteiger partial charge < -0.3 is 9.80 Å². The maximum absolute atomic E-state index is 13.1. The van der Waals surface area contributed by atoms with E-state index in [0.29, 0.717) is 31.0 Å². The number of fused-ring (bicyclic) bond motifs is 1. The summed E-state index contributed by atoms with van der Waals surface area (Å²) in [5.41, 5.74) is -0.762. The number of alkyl halides is 3. The van der Waals surface area contributed by atoms with Gasteiger partial charge in [-0.25, -0.2) is 4.39 Å². The highest BCUT2D eigenvalue weighted by atomic mass is 19.4. The molecule has 1 aromatic carbocycles. The van der Waals surface area contributed by atoms with Crippen LogP contribution in [-0.2, 0) is 6.18 Å². The van der Waals surface area contributed by atoms with Crippen LogP contribution in [0.4, 0.5) is 23.2 Å². The van der Waals surface area contributed by atoms with Crippen molar-refractivity contribution in [3.05, 3.63) is 29.6 Å². The zero-order chi connectivity index (χ0) is 14.5. The van der Waals surface area contributed by atoms with E-state index in [1.54, 1.807) is 4.90 Å². The maximum Gasteiger partial charge on any atom is 0.418 e. The fourth-order valence-electron chi connectivity index (χ4n) is 3.44. The molecule has 2 saturated heterocycles. The van der Waals surface area contributed by atoms with Crippen LogP contribution in [0.25, 0.3) is 0 Å². The van der Waals surface area contributed by atoms with E-state index in [2.05, 4.69) is 4.90 Å². The number of hydrogen-bond donors (Lipinski definition) is 0. The third-order valence-corrected chi connectivity index (χ3v) is 4.27. The van der Waals surface area contributed by atoms with Gasteiger partial charge in [0.15, 0.2) is 0 Å². The van der Waals surface area contributed by atoms with Gasteiger partial charge >= 0.3 is 6.18 Å². The Bertz CT molecular complexity index is 500. The first kappa shape index (κ1) is 13.7. The average molecular weight is 288 g/mol. The fourth-order valence-corrected chi connectivity index (χ4v) is 3.44. The summed E-state index contributed by atoms with van der Waals surface area (Å²) in [5.74, 6) is -0.0301. The van der Waals surface area contributed by atoms with Gasteiger partial charge in [-0.3, -0.25) is 0 Å². The molecule has 20 heavy (non-hydrogen) atoms. The molecule has 0 N–H and O–H groups in total. The van der Waals surface area contributed by atoms with Gasteiger partial charge in [0, 0.05) is 31.9 Å². The summed E-state index contributed by atoms with van der Waals surface area (Å²) >= 11 is 0. The predicted octanol–water partition coefficient (Wildman–Crippen LogP) is 2.84. The van der Waals surface area contributed by atoms with E-state index in [-0.39, 0.29) is 5.69 Å². The molecule has 6 heteroatoms. The molecule has 0 spiro atoms. The zero-order valence-corrected chi connectivity index (χ0v) is 11.1. The lowest BCUT2D eigenvalue weighted by atomic mass is 10.0. The van der Waals surface area contributed by atoms with Crippen LogP contribution in [0, 0.1) is 17.7 Å². The largest absolute Gasteiger partial charge is 0.418 e. The van der Waals surface area contributed by atoms with Crippen molar-refractivity contribution in [1.29, 1.82) is 0 Å². The fraction of sp³-hybridized carbons (Fsp3) is 0.571. The molecule has 0 unspecified atom stereocenters. The second-order valence-corrected chi connectivity index (χ2v) is 5.81. The molecule has 0 bridgehead atoms. The van der Waals surface area contributed by atoms with Crippen LogP contribution >= 0.6 is 0 Å². The quantitative estimate of drug-likeness (QED) is 0.733. The summed E-state index contributed by atoms with van der Waals surface area (Å²) in [7, 11) is 2.03.